The zero-order valence-corrected chi connectivity index (χ0v) is 23.5. The van der Waals surface area contributed by atoms with Crippen molar-refractivity contribution in [2.24, 2.45) is 5.10 Å². The Morgan fingerprint density at radius 3 is 2.66 bits per heavy atom. The number of hydrogen-bond donors (Lipinski definition) is 1. The van der Waals surface area contributed by atoms with Crippen LogP contribution in [-0.2, 0) is 4.79 Å². The van der Waals surface area contributed by atoms with Crippen LogP contribution in [0.2, 0.25) is 0 Å². The van der Waals surface area contributed by atoms with E-state index in [1.54, 1.807) is 36.4 Å². The van der Waals surface area contributed by atoms with E-state index in [9.17, 15) is 9.59 Å². The number of ether oxygens (including phenoxy) is 1. The molecule has 41 heavy (non-hydrogen) atoms. The van der Waals surface area contributed by atoms with Crippen molar-refractivity contribution >= 4 is 55.6 Å². The van der Waals surface area contributed by atoms with E-state index in [2.05, 4.69) is 26.3 Å². The smallest absolute Gasteiger partial charge is 0.282 e. The maximum Gasteiger partial charge on any atom is 0.282 e. The Morgan fingerprint density at radius 2 is 1.80 bits per heavy atom. The number of halogens is 1. The number of anilines is 1. The van der Waals surface area contributed by atoms with Crippen LogP contribution in [0, 0.1) is 6.92 Å². The van der Waals surface area contributed by atoms with Gasteiger partial charge in [0.15, 0.2) is 12.4 Å². The van der Waals surface area contributed by atoms with Crippen LogP contribution in [0.25, 0.3) is 33.5 Å². The Labute approximate surface area is 243 Å². The van der Waals surface area contributed by atoms with Crippen LogP contribution in [0.4, 0.5) is 5.69 Å². The van der Waals surface area contributed by atoms with E-state index in [0.717, 1.165) is 15.4 Å². The monoisotopic (exact) mass is 606 g/mol. The van der Waals surface area contributed by atoms with Crippen molar-refractivity contribution in [2.45, 2.75) is 6.92 Å². The quantitative estimate of drug-likeness (QED) is 0.202. The molecule has 0 saturated heterocycles. The lowest BCUT2D eigenvalue weighted by molar-refractivity contribution is -0.118. The second-order valence-electron chi connectivity index (χ2n) is 9.35. The Balaban J connectivity index is 1.33. The normalized spacial score (nSPS) is 11.4. The van der Waals surface area contributed by atoms with Gasteiger partial charge in [0.1, 0.15) is 11.3 Å². The average molecular weight is 607 g/mol. The molecule has 2 aromatic heterocycles. The van der Waals surface area contributed by atoms with Gasteiger partial charge in [0.25, 0.3) is 11.5 Å². The molecule has 0 aliphatic rings. The van der Waals surface area contributed by atoms with Crippen LogP contribution in [0.5, 0.6) is 5.75 Å². The number of fused-ring (bicyclic) bond motifs is 2. The van der Waals surface area contributed by atoms with Crippen molar-refractivity contribution in [1.82, 2.24) is 9.66 Å². The number of carbonyl (C=O) groups is 1. The van der Waals surface area contributed by atoms with Gasteiger partial charge >= 0.3 is 0 Å². The molecule has 0 aliphatic carbocycles. The van der Waals surface area contributed by atoms with Crippen LogP contribution >= 0.6 is 15.9 Å². The summed E-state index contributed by atoms with van der Waals surface area (Å²) in [5, 5.41) is 8.61. The summed E-state index contributed by atoms with van der Waals surface area (Å²) in [6.45, 7) is 1.78. The summed E-state index contributed by atoms with van der Waals surface area (Å²) in [7, 11) is 0. The Morgan fingerprint density at radius 1 is 1.02 bits per heavy atom. The van der Waals surface area contributed by atoms with Crippen molar-refractivity contribution in [3.05, 3.63) is 123 Å². The summed E-state index contributed by atoms with van der Waals surface area (Å²) in [6.07, 6.45) is 1.51. The fourth-order valence-corrected chi connectivity index (χ4v) is 4.71. The highest BCUT2D eigenvalue weighted by molar-refractivity contribution is 9.10. The summed E-state index contributed by atoms with van der Waals surface area (Å²) < 4.78 is 14.0. The minimum atomic E-state index is -0.348. The van der Waals surface area contributed by atoms with Crippen LogP contribution in [-0.4, -0.2) is 28.4 Å². The summed E-state index contributed by atoms with van der Waals surface area (Å²) in [5.74, 6) is 0.796. The van der Waals surface area contributed by atoms with Crippen LogP contribution in [0.15, 0.2) is 116 Å². The standard InChI is InChI=1S/C32H23BrN4O4/c1-20-10-13-24(14-11-20)35-30(38)19-40-27-9-5-2-6-21(27)18-34-37-31(36-26-8-4-3-7-25(26)32(37)39)29-17-22-16-23(33)12-15-28(22)41-29/h2-18H,19H2,1H3,(H,35,38). The summed E-state index contributed by atoms with van der Waals surface area (Å²) in [5.41, 5.74) is 3.21. The molecule has 4 aromatic carbocycles. The van der Waals surface area contributed by atoms with Gasteiger partial charge < -0.3 is 14.5 Å². The Kier molecular flexibility index (Phi) is 7.18. The summed E-state index contributed by atoms with van der Waals surface area (Å²) >= 11 is 3.48. The van der Waals surface area contributed by atoms with Crippen molar-refractivity contribution in [3.63, 3.8) is 0 Å². The van der Waals surface area contributed by atoms with Gasteiger partial charge in [-0.15, -0.1) is 0 Å². The molecule has 0 spiro atoms. The first-order chi connectivity index (χ1) is 19.9. The van der Waals surface area contributed by atoms with Crippen LogP contribution in [0.3, 0.4) is 0 Å². The van der Waals surface area contributed by atoms with Gasteiger partial charge in [0.05, 0.1) is 17.1 Å². The molecule has 0 atom stereocenters. The second kappa shape index (κ2) is 11.2. The van der Waals surface area contributed by atoms with Crippen LogP contribution in [0.1, 0.15) is 11.1 Å². The van der Waals surface area contributed by atoms with Gasteiger partial charge in [-0.1, -0.05) is 57.9 Å². The SMILES string of the molecule is Cc1ccc(NC(=O)COc2ccccc2C=Nn2c(-c3cc4cc(Br)ccc4o3)nc3ccccc3c2=O)cc1. The van der Waals surface area contributed by atoms with Gasteiger partial charge in [-0.05, 0) is 67.6 Å². The van der Waals surface area contributed by atoms with E-state index in [4.69, 9.17) is 14.1 Å². The predicted molar refractivity (Wildman–Crippen MR) is 164 cm³/mol. The van der Waals surface area contributed by atoms with E-state index >= 15 is 0 Å². The minimum Gasteiger partial charge on any atom is -0.483 e. The number of aromatic nitrogens is 2. The maximum absolute atomic E-state index is 13.6. The molecule has 202 valence electrons. The molecule has 6 rings (SSSR count). The molecule has 1 N–H and O–H groups in total. The molecule has 6 aromatic rings. The van der Waals surface area contributed by atoms with Crippen molar-refractivity contribution in [2.75, 3.05) is 11.9 Å². The number of amides is 1. The van der Waals surface area contributed by atoms with Crippen molar-refractivity contribution < 1.29 is 13.9 Å². The average Bonchev–Trinajstić information content (AvgIpc) is 3.40. The highest BCUT2D eigenvalue weighted by Crippen LogP contribution is 2.29. The first-order valence-corrected chi connectivity index (χ1v) is 13.6. The highest BCUT2D eigenvalue weighted by atomic mass is 79.9. The number of nitrogens with zero attached hydrogens (tertiary/aromatic N) is 3. The molecule has 1 amide bonds. The number of benzene rings is 4. The van der Waals surface area contributed by atoms with Gasteiger partial charge in [-0.3, -0.25) is 9.59 Å². The van der Waals surface area contributed by atoms with Crippen LogP contribution < -0.4 is 15.6 Å². The van der Waals surface area contributed by atoms with Crippen molar-refractivity contribution in [1.29, 1.82) is 0 Å². The lowest BCUT2D eigenvalue weighted by Gasteiger charge is -2.10. The topological polar surface area (TPSA) is 98.7 Å². The molecule has 8 nitrogen and oxygen atoms in total. The molecule has 0 aliphatic heterocycles. The molecular weight excluding hydrogens is 584 g/mol. The largest absolute Gasteiger partial charge is 0.483 e. The fourth-order valence-electron chi connectivity index (χ4n) is 4.33. The Hall–Kier alpha value is -5.02. The number of aryl methyl sites for hydroxylation is 1. The highest BCUT2D eigenvalue weighted by Gasteiger charge is 2.17. The van der Waals surface area contributed by atoms with Crippen molar-refractivity contribution in [3.8, 4) is 17.3 Å². The number of hydrogen-bond acceptors (Lipinski definition) is 6. The van der Waals surface area contributed by atoms with Gasteiger partial charge in [-0.2, -0.15) is 9.78 Å². The minimum absolute atomic E-state index is 0.198. The van der Waals surface area contributed by atoms with E-state index in [-0.39, 0.29) is 23.9 Å². The van der Waals surface area contributed by atoms with Gasteiger partial charge in [-0.25, -0.2) is 4.98 Å². The summed E-state index contributed by atoms with van der Waals surface area (Å²) in [4.78, 5) is 30.8. The molecule has 2 heterocycles. The maximum atomic E-state index is 13.6. The lowest BCUT2D eigenvalue weighted by atomic mass is 10.2. The van der Waals surface area contributed by atoms with E-state index in [1.165, 1.54) is 10.9 Å². The first-order valence-electron chi connectivity index (χ1n) is 12.8. The number of nitrogens with one attached hydrogen (secondary N) is 1. The zero-order chi connectivity index (χ0) is 28.3. The summed E-state index contributed by atoms with van der Waals surface area (Å²) in [6, 6.07) is 29.2. The number of furan rings is 1. The molecular formula is C32H23BrN4O4. The molecule has 0 fully saturated rings. The number of para-hydroxylation sites is 2. The second-order valence-corrected chi connectivity index (χ2v) is 10.3. The lowest BCUT2D eigenvalue weighted by Crippen LogP contribution is -2.21. The number of carbonyl (C=O) groups excluding carboxylic acids is 1. The van der Waals surface area contributed by atoms with E-state index in [0.29, 0.717) is 39.2 Å². The molecule has 9 heteroatoms. The number of rotatable bonds is 7. The predicted octanol–water partition coefficient (Wildman–Crippen LogP) is 6.78. The third-order valence-corrected chi connectivity index (χ3v) is 6.87. The molecule has 0 saturated carbocycles. The molecule has 0 unspecified atom stereocenters. The molecule has 0 radical (unpaired) electrons. The third-order valence-electron chi connectivity index (χ3n) is 6.38. The van der Waals surface area contributed by atoms with Gasteiger partial charge in [0, 0.05) is 21.1 Å². The third kappa shape index (κ3) is 5.66. The molecule has 0 bridgehead atoms. The van der Waals surface area contributed by atoms with E-state index in [1.807, 2.05) is 67.6 Å². The first kappa shape index (κ1) is 26.2. The van der Waals surface area contributed by atoms with E-state index < -0.39 is 0 Å². The fraction of sp³-hybridized carbons (Fsp3) is 0.0625. The van der Waals surface area contributed by atoms with Gasteiger partial charge in [0.2, 0.25) is 5.82 Å². The Bertz CT molecular complexity index is 1990. The zero-order valence-electron chi connectivity index (χ0n) is 21.9.